The highest BCUT2D eigenvalue weighted by atomic mass is 32.1. The maximum atomic E-state index is 9.52. The van der Waals surface area contributed by atoms with E-state index in [-0.39, 0.29) is 6.61 Å². The van der Waals surface area contributed by atoms with E-state index in [1.165, 1.54) is 0 Å². The lowest BCUT2D eigenvalue weighted by Gasteiger charge is -2.34. The average molecular weight is 284 g/mol. The number of aliphatic hydroxyl groups excluding tert-OH is 1. The van der Waals surface area contributed by atoms with Crippen molar-refractivity contribution in [3.63, 3.8) is 0 Å². The zero-order valence-corrected chi connectivity index (χ0v) is 12.9. The number of nitrogens with zero attached hydrogens (tertiary/aromatic N) is 2. The first kappa shape index (κ1) is 14.8. The summed E-state index contributed by atoms with van der Waals surface area (Å²) in [5.74, 6) is 0.410. The van der Waals surface area contributed by atoms with Gasteiger partial charge in [0.25, 0.3) is 0 Å². The zero-order chi connectivity index (χ0) is 13.8. The summed E-state index contributed by atoms with van der Waals surface area (Å²) < 4.78 is 5.54. The van der Waals surface area contributed by atoms with Gasteiger partial charge < -0.3 is 14.7 Å². The second-order valence-corrected chi connectivity index (χ2v) is 6.16. The van der Waals surface area contributed by atoms with Crippen LogP contribution in [0.15, 0.2) is 0 Å². The minimum atomic E-state index is 0.0957. The standard InChI is InChI=1S/C14H24N2O2S/c1-4-10(3)13-12(8-17)19-14(15-13)16-6-7-18-9-11(16)5-2/h10-11,17H,4-9H2,1-3H3. The summed E-state index contributed by atoms with van der Waals surface area (Å²) in [5, 5.41) is 10.6. The Labute approximate surface area is 119 Å². The monoisotopic (exact) mass is 284 g/mol. The Hall–Kier alpha value is -0.650. The van der Waals surface area contributed by atoms with Crippen LogP contribution in [0.5, 0.6) is 0 Å². The molecule has 1 aliphatic heterocycles. The van der Waals surface area contributed by atoms with Gasteiger partial charge in [-0.1, -0.05) is 32.1 Å². The van der Waals surface area contributed by atoms with E-state index in [1.807, 2.05) is 0 Å². The first-order valence-corrected chi connectivity index (χ1v) is 7.97. The van der Waals surface area contributed by atoms with E-state index >= 15 is 0 Å². The van der Waals surface area contributed by atoms with Gasteiger partial charge in [0.2, 0.25) is 0 Å². The fourth-order valence-corrected chi connectivity index (χ4v) is 3.55. The summed E-state index contributed by atoms with van der Waals surface area (Å²) in [4.78, 5) is 8.17. The molecule has 5 heteroatoms. The molecule has 1 aromatic rings. The van der Waals surface area contributed by atoms with E-state index < -0.39 is 0 Å². The van der Waals surface area contributed by atoms with E-state index in [2.05, 4.69) is 25.7 Å². The van der Waals surface area contributed by atoms with Crippen LogP contribution in [-0.2, 0) is 11.3 Å². The minimum absolute atomic E-state index is 0.0957. The highest BCUT2D eigenvalue weighted by molar-refractivity contribution is 7.15. The molecule has 1 aliphatic rings. The van der Waals surface area contributed by atoms with Crippen LogP contribution in [0.25, 0.3) is 0 Å². The zero-order valence-electron chi connectivity index (χ0n) is 12.1. The third-order valence-corrected chi connectivity index (χ3v) is 4.98. The van der Waals surface area contributed by atoms with Gasteiger partial charge in [-0.25, -0.2) is 4.98 Å². The number of thiazole rings is 1. The van der Waals surface area contributed by atoms with Crippen LogP contribution in [0, 0.1) is 0 Å². The van der Waals surface area contributed by atoms with E-state index in [9.17, 15) is 5.11 Å². The molecule has 2 atom stereocenters. The summed E-state index contributed by atoms with van der Waals surface area (Å²) >= 11 is 1.64. The van der Waals surface area contributed by atoms with Crippen molar-refractivity contribution in [1.82, 2.24) is 4.98 Å². The summed E-state index contributed by atoms with van der Waals surface area (Å²) in [6.45, 7) is 9.06. The van der Waals surface area contributed by atoms with Crippen LogP contribution in [0.3, 0.4) is 0 Å². The summed E-state index contributed by atoms with van der Waals surface area (Å²) in [5.41, 5.74) is 1.08. The largest absolute Gasteiger partial charge is 0.391 e. The molecule has 1 aromatic heterocycles. The van der Waals surface area contributed by atoms with Gasteiger partial charge >= 0.3 is 0 Å². The van der Waals surface area contributed by atoms with E-state index in [0.29, 0.717) is 12.0 Å². The average Bonchev–Trinajstić information content (AvgIpc) is 2.90. The van der Waals surface area contributed by atoms with Gasteiger partial charge in [-0.3, -0.25) is 0 Å². The predicted molar refractivity (Wildman–Crippen MR) is 79.0 cm³/mol. The molecule has 0 radical (unpaired) electrons. The smallest absolute Gasteiger partial charge is 0.186 e. The lowest BCUT2D eigenvalue weighted by molar-refractivity contribution is 0.0929. The molecule has 0 aromatic carbocycles. The quantitative estimate of drug-likeness (QED) is 0.903. The van der Waals surface area contributed by atoms with Crippen molar-refractivity contribution in [3.05, 3.63) is 10.6 Å². The maximum Gasteiger partial charge on any atom is 0.186 e. The molecule has 108 valence electrons. The fraction of sp³-hybridized carbons (Fsp3) is 0.786. The van der Waals surface area contributed by atoms with Crippen molar-refractivity contribution in [3.8, 4) is 0 Å². The van der Waals surface area contributed by atoms with Gasteiger partial charge in [-0.15, -0.1) is 0 Å². The highest BCUT2D eigenvalue weighted by Gasteiger charge is 2.26. The molecule has 1 fully saturated rings. The molecule has 4 nitrogen and oxygen atoms in total. The van der Waals surface area contributed by atoms with Gasteiger partial charge in [0.15, 0.2) is 5.13 Å². The molecule has 0 aliphatic carbocycles. The molecule has 19 heavy (non-hydrogen) atoms. The van der Waals surface area contributed by atoms with E-state index in [1.54, 1.807) is 11.3 Å². The first-order valence-electron chi connectivity index (χ1n) is 7.16. The second-order valence-electron chi connectivity index (χ2n) is 5.10. The van der Waals surface area contributed by atoms with Gasteiger partial charge in [0.05, 0.1) is 36.4 Å². The van der Waals surface area contributed by atoms with Crippen LogP contribution in [-0.4, -0.2) is 35.9 Å². The summed E-state index contributed by atoms with van der Waals surface area (Å²) in [6, 6.07) is 0.413. The Bertz CT molecular complexity index is 408. The van der Waals surface area contributed by atoms with Crippen LogP contribution in [0.2, 0.25) is 0 Å². The van der Waals surface area contributed by atoms with Gasteiger partial charge in [-0.05, 0) is 18.8 Å². The summed E-state index contributed by atoms with van der Waals surface area (Å²) in [6.07, 6.45) is 2.11. The molecule has 1 N–H and O–H groups in total. The van der Waals surface area contributed by atoms with Crippen molar-refractivity contribution in [1.29, 1.82) is 0 Å². The maximum absolute atomic E-state index is 9.52. The molecular formula is C14H24N2O2S. The number of anilines is 1. The van der Waals surface area contributed by atoms with Gasteiger partial charge in [0, 0.05) is 6.54 Å². The van der Waals surface area contributed by atoms with E-state index in [4.69, 9.17) is 9.72 Å². The third kappa shape index (κ3) is 3.09. The third-order valence-electron chi connectivity index (χ3n) is 3.88. The molecule has 2 unspecified atom stereocenters. The van der Waals surface area contributed by atoms with Crippen molar-refractivity contribution in [2.75, 3.05) is 24.7 Å². The fourth-order valence-electron chi connectivity index (χ4n) is 2.41. The molecular weight excluding hydrogens is 260 g/mol. The Balaban J connectivity index is 2.26. The molecule has 2 heterocycles. The van der Waals surface area contributed by atoms with Crippen molar-refractivity contribution in [2.24, 2.45) is 0 Å². The molecule has 0 bridgehead atoms. The Morgan fingerprint density at radius 3 is 2.95 bits per heavy atom. The number of hydrogen-bond donors (Lipinski definition) is 1. The highest BCUT2D eigenvalue weighted by Crippen LogP contribution is 2.34. The lowest BCUT2D eigenvalue weighted by Crippen LogP contribution is -2.45. The first-order chi connectivity index (χ1) is 9.21. The van der Waals surface area contributed by atoms with E-state index in [0.717, 1.165) is 48.3 Å². The Kier molecular flexibility index (Phi) is 5.19. The molecule has 2 rings (SSSR count). The van der Waals surface area contributed by atoms with Gasteiger partial charge in [-0.2, -0.15) is 0 Å². The molecule has 0 saturated carbocycles. The van der Waals surface area contributed by atoms with Crippen LogP contribution in [0.1, 0.15) is 50.1 Å². The molecule has 1 saturated heterocycles. The number of aromatic nitrogens is 1. The Morgan fingerprint density at radius 1 is 1.53 bits per heavy atom. The van der Waals surface area contributed by atoms with Crippen LogP contribution >= 0.6 is 11.3 Å². The number of ether oxygens (including phenoxy) is 1. The summed E-state index contributed by atoms with van der Waals surface area (Å²) in [7, 11) is 0. The van der Waals surface area contributed by atoms with Crippen LogP contribution in [0.4, 0.5) is 5.13 Å². The number of rotatable bonds is 5. The SMILES string of the molecule is CCC(C)c1nc(N2CCOCC2CC)sc1CO. The Morgan fingerprint density at radius 2 is 2.32 bits per heavy atom. The van der Waals surface area contributed by atoms with Crippen LogP contribution < -0.4 is 4.90 Å². The minimum Gasteiger partial charge on any atom is -0.391 e. The number of morpholine rings is 1. The second kappa shape index (κ2) is 6.68. The number of hydrogen-bond acceptors (Lipinski definition) is 5. The molecule has 0 amide bonds. The number of aliphatic hydroxyl groups is 1. The van der Waals surface area contributed by atoms with Gasteiger partial charge in [0.1, 0.15) is 0 Å². The molecule has 0 spiro atoms. The lowest BCUT2D eigenvalue weighted by atomic mass is 10.0. The topological polar surface area (TPSA) is 45.6 Å². The predicted octanol–water partition coefficient (Wildman–Crippen LogP) is 2.76. The van der Waals surface area contributed by atoms with Crippen molar-refractivity contribution in [2.45, 2.75) is 52.2 Å². The van der Waals surface area contributed by atoms with Crippen molar-refractivity contribution >= 4 is 16.5 Å². The normalized spacial score (nSPS) is 21.7. The van der Waals surface area contributed by atoms with Crippen molar-refractivity contribution < 1.29 is 9.84 Å².